The molecule has 1 heterocycles. The van der Waals surface area contributed by atoms with Crippen LogP contribution in [0.15, 0.2) is 0 Å². The summed E-state index contributed by atoms with van der Waals surface area (Å²) in [7, 11) is 0. The van der Waals surface area contributed by atoms with Crippen molar-refractivity contribution in [1.29, 1.82) is 0 Å². The normalized spacial score (nSPS) is 16.9. The Hall–Kier alpha value is 0.376. The Morgan fingerprint density at radius 2 is 1.78 bits per heavy atom. The molecule has 5 nitrogen and oxygen atoms in total. The summed E-state index contributed by atoms with van der Waals surface area (Å²) in [5.74, 6) is -0.577. The van der Waals surface area contributed by atoms with Crippen LogP contribution < -0.4 is 0 Å². The van der Waals surface area contributed by atoms with Gasteiger partial charge in [-0.2, -0.15) is 0 Å². The zero-order valence-electron chi connectivity index (χ0n) is 10.7. The number of rotatable bonds is 2. The molecule has 0 bridgehead atoms. The van der Waals surface area contributed by atoms with Gasteiger partial charge in [0.05, 0.1) is 0 Å². The second-order valence-corrected chi connectivity index (χ2v) is 5.51. The third-order valence-electron chi connectivity index (χ3n) is 2.73. The number of hydrogen-bond acceptors (Lipinski definition) is 3. The number of nitrogens with zero attached hydrogens (tertiary/aromatic N) is 1. The van der Waals surface area contributed by atoms with E-state index >= 15 is 0 Å². The summed E-state index contributed by atoms with van der Waals surface area (Å²) in [6.07, 6.45) is 1.38. The van der Waals surface area contributed by atoms with Gasteiger partial charge in [0.2, 0.25) is 0 Å². The molecule has 0 radical (unpaired) electrons. The van der Waals surface area contributed by atoms with Crippen LogP contribution in [0.4, 0.5) is 4.79 Å². The summed E-state index contributed by atoms with van der Waals surface area (Å²) < 4.78 is 5.26. The number of hydrogen-bond donors (Lipinski definition) is 1. The van der Waals surface area contributed by atoms with Crippen molar-refractivity contribution in [3.05, 3.63) is 0 Å². The van der Waals surface area contributed by atoms with Crippen molar-refractivity contribution >= 4 is 63.4 Å². The molecule has 1 fully saturated rings. The zero-order valence-corrected chi connectivity index (χ0v) is 10.7. The van der Waals surface area contributed by atoms with Gasteiger partial charge >= 0.3 is 63.4 Å². The van der Waals surface area contributed by atoms with Crippen molar-refractivity contribution in [2.75, 3.05) is 13.1 Å². The van der Waals surface area contributed by atoms with Gasteiger partial charge in [-0.15, -0.1) is 0 Å². The molecular weight excluding hydrogens is 261 g/mol. The molecule has 1 saturated heterocycles. The second kappa shape index (κ2) is 7.84. The minimum atomic E-state index is -0.763. The van der Waals surface area contributed by atoms with E-state index in [2.05, 4.69) is 0 Å². The maximum atomic E-state index is 11.7. The third-order valence-corrected chi connectivity index (χ3v) is 2.73. The van der Waals surface area contributed by atoms with Crippen LogP contribution >= 0.6 is 0 Å². The van der Waals surface area contributed by atoms with Gasteiger partial charge in [-0.25, -0.2) is 4.79 Å². The van der Waals surface area contributed by atoms with Crippen LogP contribution in [-0.4, -0.2) is 92.1 Å². The van der Waals surface area contributed by atoms with Crippen LogP contribution in [0.25, 0.3) is 0 Å². The number of carbonyl (C=O) groups is 2. The Morgan fingerprint density at radius 1 is 1.28 bits per heavy atom. The predicted octanol–water partition coefficient (Wildman–Crippen LogP) is 1.46. The fourth-order valence-electron chi connectivity index (χ4n) is 1.89. The number of carboxylic acid groups (broad SMARTS) is 1. The van der Waals surface area contributed by atoms with Crippen LogP contribution in [0, 0.1) is 5.92 Å². The molecule has 0 aromatic carbocycles. The SMILES string of the molecule is CC(C)(C)OC(=O)N1CCC(CC(=O)O)CC1.[KH]. The Bertz CT molecular complexity index is 293. The average molecular weight is 283 g/mol. The summed E-state index contributed by atoms with van der Waals surface area (Å²) in [6.45, 7) is 6.69. The quantitative estimate of drug-likeness (QED) is 0.779. The molecule has 100 valence electrons. The van der Waals surface area contributed by atoms with E-state index in [1.165, 1.54) is 0 Å². The van der Waals surface area contributed by atoms with Crippen molar-refractivity contribution in [2.45, 2.75) is 45.6 Å². The zero-order chi connectivity index (χ0) is 13.1. The van der Waals surface area contributed by atoms with E-state index in [1.54, 1.807) is 4.90 Å². The number of ether oxygens (including phenoxy) is 1. The molecule has 6 heteroatoms. The van der Waals surface area contributed by atoms with Gasteiger partial charge in [0.25, 0.3) is 0 Å². The van der Waals surface area contributed by atoms with Gasteiger partial charge in [0, 0.05) is 19.5 Å². The number of carbonyl (C=O) groups excluding carboxylic acids is 1. The van der Waals surface area contributed by atoms with E-state index in [0.717, 1.165) is 12.8 Å². The van der Waals surface area contributed by atoms with Crippen molar-refractivity contribution in [3.8, 4) is 0 Å². The van der Waals surface area contributed by atoms with Crippen LogP contribution in [0.3, 0.4) is 0 Å². The van der Waals surface area contributed by atoms with Crippen LogP contribution in [0.2, 0.25) is 0 Å². The summed E-state index contributed by atoms with van der Waals surface area (Å²) in [6, 6.07) is 0. The number of aliphatic carboxylic acids is 1. The van der Waals surface area contributed by atoms with Gasteiger partial charge in [-0.1, -0.05) is 0 Å². The van der Waals surface area contributed by atoms with E-state index in [4.69, 9.17) is 9.84 Å². The van der Waals surface area contributed by atoms with Crippen molar-refractivity contribution in [1.82, 2.24) is 4.90 Å². The van der Waals surface area contributed by atoms with Gasteiger partial charge in [0.1, 0.15) is 5.60 Å². The van der Waals surface area contributed by atoms with Gasteiger partial charge in [-0.05, 0) is 39.5 Å². The van der Waals surface area contributed by atoms with Crippen molar-refractivity contribution < 1.29 is 19.4 Å². The molecule has 0 saturated carbocycles. The first-order chi connectivity index (χ1) is 7.78. The number of carboxylic acids is 1. The first-order valence-corrected chi connectivity index (χ1v) is 5.97. The number of piperidine rings is 1. The van der Waals surface area contributed by atoms with Crippen molar-refractivity contribution in [2.24, 2.45) is 5.92 Å². The standard InChI is InChI=1S/C12H21NO4.K.H/c1-12(2,3)17-11(16)13-6-4-9(5-7-13)8-10(14)15;;/h9H,4-8H2,1-3H3,(H,14,15);;. The molecule has 0 unspecified atom stereocenters. The monoisotopic (exact) mass is 283 g/mol. The fourth-order valence-corrected chi connectivity index (χ4v) is 1.89. The average Bonchev–Trinajstić information content (AvgIpc) is 2.15. The molecule has 0 atom stereocenters. The summed E-state index contributed by atoms with van der Waals surface area (Å²) in [5, 5.41) is 8.69. The van der Waals surface area contributed by atoms with E-state index in [1.807, 2.05) is 20.8 Å². The second-order valence-electron chi connectivity index (χ2n) is 5.51. The molecule has 1 N–H and O–H groups in total. The van der Waals surface area contributed by atoms with Gasteiger partial charge < -0.3 is 14.7 Å². The molecule has 0 spiro atoms. The van der Waals surface area contributed by atoms with Crippen molar-refractivity contribution in [3.63, 3.8) is 0 Å². The Labute approximate surface area is 151 Å². The molecule has 0 aromatic heterocycles. The number of likely N-dealkylation sites (tertiary alicyclic amines) is 1. The topological polar surface area (TPSA) is 66.8 Å². The molecule has 1 aliphatic rings. The molecule has 0 aromatic rings. The van der Waals surface area contributed by atoms with Gasteiger partial charge in [0.15, 0.2) is 0 Å². The fraction of sp³-hybridized carbons (Fsp3) is 0.833. The minimum absolute atomic E-state index is 0. The van der Waals surface area contributed by atoms with Crippen LogP contribution in [0.1, 0.15) is 40.0 Å². The Kier molecular flexibility index (Phi) is 8.01. The van der Waals surface area contributed by atoms with Gasteiger partial charge in [-0.3, -0.25) is 4.79 Å². The van der Waals surface area contributed by atoms with Crippen LogP contribution in [-0.2, 0) is 9.53 Å². The Balaban J connectivity index is 0.00000289. The molecule has 1 amide bonds. The Morgan fingerprint density at radius 3 is 2.17 bits per heavy atom. The van der Waals surface area contributed by atoms with E-state index < -0.39 is 11.6 Å². The molecule has 18 heavy (non-hydrogen) atoms. The molecule has 1 rings (SSSR count). The summed E-state index contributed by atoms with van der Waals surface area (Å²) >= 11 is 0. The predicted molar refractivity (Wildman–Crippen MR) is 69.9 cm³/mol. The van der Waals surface area contributed by atoms with E-state index in [9.17, 15) is 9.59 Å². The van der Waals surface area contributed by atoms with E-state index in [0.29, 0.717) is 13.1 Å². The van der Waals surface area contributed by atoms with Crippen LogP contribution in [0.5, 0.6) is 0 Å². The summed E-state index contributed by atoms with van der Waals surface area (Å²) in [4.78, 5) is 24.0. The first kappa shape index (κ1) is 18.4. The summed E-state index contributed by atoms with van der Waals surface area (Å²) in [5.41, 5.74) is -0.477. The molecule has 0 aliphatic carbocycles. The first-order valence-electron chi connectivity index (χ1n) is 5.97. The van der Waals surface area contributed by atoms with E-state index in [-0.39, 0.29) is 69.8 Å². The third kappa shape index (κ3) is 7.09. The maximum absolute atomic E-state index is 11.7. The molecular formula is C12H22KNO4. The molecule has 1 aliphatic heterocycles. The number of amides is 1.